The number of carbonyl (C=O) groups excluding carboxylic acids is 1. The van der Waals surface area contributed by atoms with Crippen LogP contribution in [-0.2, 0) is 0 Å². The zero-order chi connectivity index (χ0) is 12.9. The van der Waals surface area contributed by atoms with Crippen molar-refractivity contribution in [1.29, 1.82) is 5.26 Å². The monoisotopic (exact) mass is 251 g/mol. The van der Waals surface area contributed by atoms with E-state index < -0.39 is 11.6 Å². The van der Waals surface area contributed by atoms with Crippen molar-refractivity contribution in [3.8, 4) is 6.07 Å². The SMILES string of the molecule is CCC(C)(C#N)NC(=O)Nc1ccccc1Cl. The molecule has 0 aromatic heterocycles. The summed E-state index contributed by atoms with van der Waals surface area (Å²) in [5.41, 5.74) is -0.353. The maximum Gasteiger partial charge on any atom is 0.320 e. The summed E-state index contributed by atoms with van der Waals surface area (Å²) >= 11 is 5.90. The minimum absolute atomic E-state index is 0.441. The smallest absolute Gasteiger partial charge is 0.320 e. The number of benzene rings is 1. The summed E-state index contributed by atoms with van der Waals surface area (Å²) in [7, 11) is 0. The number of urea groups is 1. The van der Waals surface area contributed by atoms with Crippen LogP contribution in [0.15, 0.2) is 24.3 Å². The number of hydrogen-bond donors (Lipinski definition) is 2. The highest BCUT2D eigenvalue weighted by Crippen LogP contribution is 2.20. The van der Waals surface area contributed by atoms with Crippen LogP contribution >= 0.6 is 11.6 Å². The van der Waals surface area contributed by atoms with E-state index in [0.717, 1.165) is 0 Å². The molecule has 0 aliphatic carbocycles. The van der Waals surface area contributed by atoms with E-state index in [1.807, 2.05) is 6.92 Å². The van der Waals surface area contributed by atoms with Gasteiger partial charge in [-0.25, -0.2) is 4.79 Å². The van der Waals surface area contributed by atoms with Crippen molar-refractivity contribution in [2.75, 3.05) is 5.32 Å². The molecule has 0 bridgehead atoms. The predicted molar refractivity (Wildman–Crippen MR) is 67.9 cm³/mol. The van der Waals surface area contributed by atoms with Crippen LogP contribution in [-0.4, -0.2) is 11.6 Å². The summed E-state index contributed by atoms with van der Waals surface area (Å²) in [4.78, 5) is 11.7. The van der Waals surface area contributed by atoms with Gasteiger partial charge in [-0.05, 0) is 25.5 Å². The minimum atomic E-state index is -0.870. The lowest BCUT2D eigenvalue weighted by Crippen LogP contribution is -2.46. The second-order valence-electron chi connectivity index (χ2n) is 3.86. The first-order valence-electron chi connectivity index (χ1n) is 5.25. The Morgan fingerprint density at radius 1 is 1.53 bits per heavy atom. The van der Waals surface area contributed by atoms with Crippen molar-refractivity contribution in [1.82, 2.24) is 5.32 Å². The average molecular weight is 252 g/mol. The van der Waals surface area contributed by atoms with E-state index in [2.05, 4.69) is 16.7 Å². The lowest BCUT2D eigenvalue weighted by atomic mass is 10.0. The Morgan fingerprint density at radius 2 is 2.18 bits per heavy atom. The maximum absolute atomic E-state index is 11.7. The first-order valence-corrected chi connectivity index (χ1v) is 5.63. The molecule has 0 fully saturated rings. The molecule has 0 saturated heterocycles. The number of amides is 2. The van der Waals surface area contributed by atoms with Crippen molar-refractivity contribution in [2.45, 2.75) is 25.8 Å². The lowest BCUT2D eigenvalue weighted by molar-refractivity contribution is 0.244. The first kappa shape index (κ1) is 13.3. The van der Waals surface area contributed by atoms with Gasteiger partial charge in [-0.3, -0.25) is 0 Å². The highest BCUT2D eigenvalue weighted by atomic mass is 35.5. The molecule has 5 heteroatoms. The number of nitriles is 1. The van der Waals surface area contributed by atoms with E-state index in [0.29, 0.717) is 17.1 Å². The Hall–Kier alpha value is -1.73. The van der Waals surface area contributed by atoms with Crippen molar-refractivity contribution < 1.29 is 4.79 Å². The van der Waals surface area contributed by atoms with Gasteiger partial charge in [-0.1, -0.05) is 30.7 Å². The van der Waals surface area contributed by atoms with Crippen LogP contribution in [0, 0.1) is 11.3 Å². The van der Waals surface area contributed by atoms with Gasteiger partial charge in [-0.15, -0.1) is 0 Å². The third kappa shape index (κ3) is 3.65. The first-order chi connectivity index (χ1) is 8.00. The minimum Gasteiger partial charge on any atom is -0.320 e. The Balaban J connectivity index is 2.69. The third-order valence-corrected chi connectivity index (χ3v) is 2.79. The number of para-hydroxylation sites is 1. The highest BCUT2D eigenvalue weighted by Gasteiger charge is 2.23. The number of nitrogens with one attached hydrogen (secondary N) is 2. The summed E-state index contributed by atoms with van der Waals surface area (Å²) in [5.74, 6) is 0. The van der Waals surface area contributed by atoms with E-state index in [1.54, 1.807) is 31.2 Å². The summed E-state index contributed by atoms with van der Waals surface area (Å²) in [6.45, 7) is 3.50. The van der Waals surface area contributed by atoms with Crippen LogP contribution in [0.4, 0.5) is 10.5 Å². The molecule has 2 amide bonds. The summed E-state index contributed by atoms with van der Waals surface area (Å²) in [6.07, 6.45) is 0.527. The van der Waals surface area contributed by atoms with Gasteiger partial charge in [0.25, 0.3) is 0 Å². The van der Waals surface area contributed by atoms with E-state index in [9.17, 15) is 4.79 Å². The fraction of sp³-hybridized carbons (Fsp3) is 0.333. The number of anilines is 1. The molecule has 1 rings (SSSR count). The van der Waals surface area contributed by atoms with Crippen LogP contribution < -0.4 is 10.6 Å². The zero-order valence-corrected chi connectivity index (χ0v) is 10.5. The molecule has 0 aliphatic rings. The third-order valence-electron chi connectivity index (χ3n) is 2.47. The lowest BCUT2D eigenvalue weighted by Gasteiger charge is -2.21. The number of carbonyl (C=O) groups is 1. The van der Waals surface area contributed by atoms with Crippen molar-refractivity contribution in [2.24, 2.45) is 0 Å². The van der Waals surface area contributed by atoms with E-state index in [4.69, 9.17) is 16.9 Å². The van der Waals surface area contributed by atoms with E-state index in [1.165, 1.54) is 0 Å². The van der Waals surface area contributed by atoms with Gasteiger partial charge in [0.1, 0.15) is 5.54 Å². The molecule has 1 unspecified atom stereocenters. The molecule has 0 heterocycles. The van der Waals surface area contributed by atoms with Crippen molar-refractivity contribution >= 4 is 23.3 Å². The predicted octanol–water partition coefficient (Wildman–Crippen LogP) is 3.15. The second kappa shape index (κ2) is 5.55. The Bertz CT molecular complexity index is 455. The summed E-state index contributed by atoms with van der Waals surface area (Å²) in [6, 6.07) is 8.53. The van der Waals surface area contributed by atoms with Gasteiger partial charge in [0, 0.05) is 0 Å². The standard InChI is InChI=1S/C12H14ClN3O/c1-3-12(2,8-14)16-11(17)15-10-7-5-4-6-9(10)13/h4-7H,3H2,1-2H3,(H2,15,16,17). The van der Waals surface area contributed by atoms with Crippen molar-refractivity contribution in [3.63, 3.8) is 0 Å². The molecule has 17 heavy (non-hydrogen) atoms. The summed E-state index contributed by atoms with van der Waals surface area (Å²) < 4.78 is 0. The Kier molecular flexibility index (Phi) is 4.36. The Morgan fingerprint density at radius 3 is 2.71 bits per heavy atom. The topological polar surface area (TPSA) is 64.9 Å². The quantitative estimate of drug-likeness (QED) is 0.867. The molecule has 0 saturated carbocycles. The largest absolute Gasteiger partial charge is 0.320 e. The van der Waals surface area contributed by atoms with Gasteiger partial charge < -0.3 is 10.6 Å². The average Bonchev–Trinajstić information content (AvgIpc) is 2.32. The second-order valence-corrected chi connectivity index (χ2v) is 4.26. The van der Waals surface area contributed by atoms with Crippen molar-refractivity contribution in [3.05, 3.63) is 29.3 Å². The van der Waals surface area contributed by atoms with E-state index >= 15 is 0 Å². The van der Waals surface area contributed by atoms with Gasteiger partial charge in [0.15, 0.2) is 0 Å². The number of nitrogens with zero attached hydrogens (tertiary/aromatic N) is 1. The summed E-state index contributed by atoms with van der Waals surface area (Å²) in [5, 5.41) is 14.6. The Labute approximate surface area is 106 Å². The highest BCUT2D eigenvalue weighted by molar-refractivity contribution is 6.33. The van der Waals surface area contributed by atoms with E-state index in [-0.39, 0.29) is 0 Å². The molecule has 90 valence electrons. The van der Waals surface area contributed by atoms with Crippen LogP contribution in [0.5, 0.6) is 0 Å². The van der Waals surface area contributed by atoms with Gasteiger partial charge in [0.2, 0.25) is 0 Å². The molecule has 1 aromatic carbocycles. The normalized spacial score (nSPS) is 13.3. The maximum atomic E-state index is 11.7. The molecule has 1 atom stereocenters. The molecule has 2 N–H and O–H groups in total. The molecule has 4 nitrogen and oxygen atoms in total. The molecule has 0 aliphatic heterocycles. The van der Waals surface area contributed by atoms with Crippen LogP contribution in [0.3, 0.4) is 0 Å². The fourth-order valence-electron chi connectivity index (χ4n) is 1.16. The molecular formula is C12H14ClN3O. The number of halogens is 1. The number of rotatable bonds is 3. The van der Waals surface area contributed by atoms with Crippen LogP contribution in [0.2, 0.25) is 5.02 Å². The molecule has 1 aromatic rings. The number of hydrogen-bond acceptors (Lipinski definition) is 2. The molecule has 0 spiro atoms. The molecular weight excluding hydrogens is 238 g/mol. The van der Waals surface area contributed by atoms with Gasteiger partial charge in [0.05, 0.1) is 16.8 Å². The van der Waals surface area contributed by atoms with Gasteiger partial charge in [-0.2, -0.15) is 5.26 Å². The molecule has 0 radical (unpaired) electrons. The van der Waals surface area contributed by atoms with Gasteiger partial charge >= 0.3 is 6.03 Å². The van der Waals surface area contributed by atoms with Crippen LogP contribution in [0.25, 0.3) is 0 Å². The van der Waals surface area contributed by atoms with Crippen LogP contribution in [0.1, 0.15) is 20.3 Å². The fourth-order valence-corrected chi connectivity index (χ4v) is 1.35. The zero-order valence-electron chi connectivity index (χ0n) is 9.75.